The van der Waals surface area contributed by atoms with Gasteiger partial charge in [0.05, 0.1) is 0 Å². The van der Waals surface area contributed by atoms with E-state index in [0.29, 0.717) is 6.54 Å². The van der Waals surface area contributed by atoms with Crippen molar-refractivity contribution in [3.63, 3.8) is 0 Å². The predicted molar refractivity (Wildman–Crippen MR) is 85.3 cm³/mol. The van der Waals surface area contributed by atoms with E-state index in [1.165, 1.54) is 0 Å². The Labute approximate surface area is 125 Å². The summed E-state index contributed by atoms with van der Waals surface area (Å²) < 4.78 is 0. The second-order valence-electron chi connectivity index (χ2n) is 5.67. The number of aryl methyl sites for hydroxylation is 1. The van der Waals surface area contributed by atoms with Crippen LogP contribution in [0, 0.1) is 6.92 Å². The van der Waals surface area contributed by atoms with Crippen LogP contribution in [0.5, 0.6) is 0 Å². The van der Waals surface area contributed by atoms with Gasteiger partial charge in [0, 0.05) is 5.69 Å². The lowest BCUT2D eigenvalue weighted by atomic mass is 9.72. The zero-order valence-corrected chi connectivity index (χ0v) is 12.2. The van der Waals surface area contributed by atoms with Crippen molar-refractivity contribution in [3.8, 4) is 0 Å². The van der Waals surface area contributed by atoms with Crippen LogP contribution >= 0.6 is 0 Å². The van der Waals surface area contributed by atoms with E-state index in [2.05, 4.69) is 17.4 Å². The SMILES string of the molecule is Cc1ccc2c(c1)NC(=O)C2(CCCN)c1ccccc1. The van der Waals surface area contributed by atoms with Gasteiger partial charge in [0.2, 0.25) is 5.91 Å². The number of carbonyl (C=O) groups is 1. The van der Waals surface area contributed by atoms with Crippen LogP contribution in [0.4, 0.5) is 5.69 Å². The van der Waals surface area contributed by atoms with Crippen molar-refractivity contribution in [2.24, 2.45) is 5.73 Å². The van der Waals surface area contributed by atoms with Gasteiger partial charge in [-0.3, -0.25) is 4.79 Å². The lowest BCUT2D eigenvalue weighted by Gasteiger charge is -2.28. The van der Waals surface area contributed by atoms with Crippen LogP contribution in [-0.2, 0) is 10.2 Å². The van der Waals surface area contributed by atoms with Gasteiger partial charge >= 0.3 is 0 Å². The van der Waals surface area contributed by atoms with Crippen molar-refractivity contribution in [2.75, 3.05) is 11.9 Å². The molecular weight excluding hydrogens is 260 g/mol. The van der Waals surface area contributed by atoms with Crippen molar-refractivity contribution in [1.82, 2.24) is 0 Å². The van der Waals surface area contributed by atoms with Crippen LogP contribution in [0.15, 0.2) is 48.5 Å². The van der Waals surface area contributed by atoms with E-state index in [4.69, 9.17) is 5.73 Å². The van der Waals surface area contributed by atoms with Gasteiger partial charge in [0.1, 0.15) is 5.41 Å². The largest absolute Gasteiger partial charge is 0.330 e. The summed E-state index contributed by atoms with van der Waals surface area (Å²) in [4.78, 5) is 12.8. The average Bonchev–Trinajstić information content (AvgIpc) is 2.78. The number of carbonyl (C=O) groups excluding carboxylic acids is 1. The summed E-state index contributed by atoms with van der Waals surface area (Å²) in [6.45, 7) is 2.62. The lowest BCUT2D eigenvalue weighted by molar-refractivity contribution is -0.119. The van der Waals surface area contributed by atoms with Crippen molar-refractivity contribution < 1.29 is 4.79 Å². The molecule has 0 fully saturated rings. The van der Waals surface area contributed by atoms with E-state index in [0.717, 1.165) is 35.2 Å². The molecule has 0 aliphatic carbocycles. The number of hydrogen-bond donors (Lipinski definition) is 2. The van der Waals surface area contributed by atoms with Crippen LogP contribution in [0.3, 0.4) is 0 Å². The van der Waals surface area contributed by atoms with Gasteiger partial charge < -0.3 is 11.1 Å². The molecule has 1 amide bonds. The highest BCUT2D eigenvalue weighted by molar-refractivity contribution is 6.08. The Morgan fingerprint density at radius 2 is 1.90 bits per heavy atom. The number of nitrogens with one attached hydrogen (secondary N) is 1. The second kappa shape index (κ2) is 5.34. The van der Waals surface area contributed by atoms with Gasteiger partial charge in [-0.25, -0.2) is 0 Å². The van der Waals surface area contributed by atoms with Crippen molar-refractivity contribution in [3.05, 3.63) is 65.2 Å². The molecule has 0 saturated heterocycles. The number of rotatable bonds is 4. The Morgan fingerprint density at radius 3 is 2.62 bits per heavy atom. The van der Waals surface area contributed by atoms with Gasteiger partial charge in [-0.2, -0.15) is 0 Å². The minimum atomic E-state index is -0.607. The number of anilines is 1. The monoisotopic (exact) mass is 280 g/mol. The number of benzene rings is 2. The lowest BCUT2D eigenvalue weighted by Crippen LogP contribution is -2.36. The first kappa shape index (κ1) is 13.8. The molecule has 0 saturated carbocycles. The molecule has 3 heteroatoms. The molecule has 0 aromatic heterocycles. The molecule has 3 N–H and O–H groups in total. The number of nitrogens with two attached hydrogens (primary N) is 1. The van der Waals surface area contributed by atoms with E-state index in [1.54, 1.807) is 0 Å². The van der Waals surface area contributed by atoms with Crippen LogP contribution < -0.4 is 11.1 Å². The summed E-state index contributed by atoms with van der Waals surface area (Å²) in [6.07, 6.45) is 1.55. The predicted octanol–water partition coefficient (Wildman–Crippen LogP) is 2.97. The number of amides is 1. The minimum Gasteiger partial charge on any atom is -0.330 e. The molecule has 0 bridgehead atoms. The molecule has 21 heavy (non-hydrogen) atoms. The fraction of sp³-hybridized carbons (Fsp3) is 0.278. The molecule has 3 nitrogen and oxygen atoms in total. The number of fused-ring (bicyclic) bond motifs is 1. The molecule has 1 atom stereocenters. The van der Waals surface area contributed by atoms with Crippen molar-refractivity contribution >= 4 is 11.6 Å². The van der Waals surface area contributed by atoms with Gasteiger partial charge in [0.25, 0.3) is 0 Å². The highest BCUT2D eigenvalue weighted by Gasteiger charge is 2.47. The van der Waals surface area contributed by atoms with Crippen LogP contribution in [0.25, 0.3) is 0 Å². The maximum Gasteiger partial charge on any atom is 0.239 e. The van der Waals surface area contributed by atoms with Gasteiger partial charge in [-0.1, -0.05) is 42.5 Å². The van der Waals surface area contributed by atoms with Crippen LogP contribution in [0.2, 0.25) is 0 Å². The summed E-state index contributed by atoms with van der Waals surface area (Å²) in [7, 11) is 0. The standard InChI is InChI=1S/C18H20N2O/c1-13-8-9-15-16(12-13)20-17(21)18(15,10-5-11-19)14-6-3-2-4-7-14/h2-4,6-9,12H,5,10-11,19H2,1H3,(H,20,21). The van der Waals surface area contributed by atoms with Gasteiger partial charge in [0.15, 0.2) is 0 Å². The Balaban J connectivity index is 2.19. The van der Waals surface area contributed by atoms with Crippen LogP contribution in [0.1, 0.15) is 29.5 Å². The first-order valence-electron chi connectivity index (χ1n) is 7.36. The summed E-state index contributed by atoms with van der Waals surface area (Å²) in [5.41, 5.74) is 9.28. The molecule has 3 rings (SSSR count). The van der Waals surface area contributed by atoms with E-state index < -0.39 is 5.41 Å². The summed E-state index contributed by atoms with van der Waals surface area (Å²) >= 11 is 0. The highest BCUT2D eigenvalue weighted by atomic mass is 16.2. The molecule has 0 spiro atoms. The van der Waals surface area contributed by atoms with E-state index in [1.807, 2.05) is 43.3 Å². The smallest absolute Gasteiger partial charge is 0.239 e. The highest BCUT2D eigenvalue weighted by Crippen LogP contribution is 2.46. The molecule has 1 aliphatic rings. The molecule has 2 aromatic rings. The van der Waals surface area contributed by atoms with Gasteiger partial charge in [-0.05, 0) is 49.1 Å². The summed E-state index contributed by atoms with van der Waals surface area (Å²) in [6, 6.07) is 16.2. The van der Waals surface area contributed by atoms with Crippen molar-refractivity contribution in [2.45, 2.75) is 25.2 Å². The molecule has 1 aliphatic heterocycles. The Bertz CT molecular complexity index is 666. The Hall–Kier alpha value is -2.13. The zero-order chi connectivity index (χ0) is 14.9. The first-order valence-corrected chi connectivity index (χ1v) is 7.36. The fourth-order valence-corrected chi connectivity index (χ4v) is 3.25. The Morgan fingerprint density at radius 1 is 1.14 bits per heavy atom. The molecule has 0 radical (unpaired) electrons. The minimum absolute atomic E-state index is 0.0581. The topological polar surface area (TPSA) is 55.1 Å². The third-order valence-electron chi connectivity index (χ3n) is 4.29. The maximum absolute atomic E-state index is 12.8. The van der Waals surface area contributed by atoms with Crippen molar-refractivity contribution in [1.29, 1.82) is 0 Å². The van der Waals surface area contributed by atoms with E-state index in [-0.39, 0.29) is 5.91 Å². The Kier molecular flexibility index (Phi) is 3.52. The van der Waals surface area contributed by atoms with E-state index in [9.17, 15) is 4.79 Å². The van der Waals surface area contributed by atoms with Gasteiger partial charge in [-0.15, -0.1) is 0 Å². The zero-order valence-electron chi connectivity index (χ0n) is 12.2. The second-order valence-corrected chi connectivity index (χ2v) is 5.67. The fourth-order valence-electron chi connectivity index (χ4n) is 3.25. The summed E-state index contributed by atoms with van der Waals surface area (Å²) in [5, 5.41) is 3.06. The molecular formula is C18H20N2O. The average molecular weight is 280 g/mol. The quantitative estimate of drug-likeness (QED) is 0.904. The van der Waals surface area contributed by atoms with Crippen LogP contribution in [-0.4, -0.2) is 12.5 Å². The number of hydrogen-bond acceptors (Lipinski definition) is 2. The maximum atomic E-state index is 12.8. The molecule has 1 heterocycles. The summed E-state index contributed by atoms with van der Waals surface area (Å²) in [5.74, 6) is 0.0581. The normalized spacial score (nSPS) is 20.2. The third kappa shape index (κ3) is 2.14. The molecule has 2 aromatic carbocycles. The molecule has 1 unspecified atom stereocenters. The first-order chi connectivity index (χ1) is 10.2. The molecule has 108 valence electrons. The van der Waals surface area contributed by atoms with E-state index >= 15 is 0 Å². The third-order valence-corrected chi connectivity index (χ3v) is 4.29.